The fraction of sp³-hybridized carbons (Fsp3) is 0.286. The van der Waals surface area contributed by atoms with Crippen LogP contribution in [0.25, 0.3) is 10.4 Å². The van der Waals surface area contributed by atoms with Gasteiger partial charge in [-0.2, -0.15) is 0 Å². The van der Waals surface area contributed by atoms with Gasteiger partial charge in [-0.3, -0.25) is 0 Å². The Balaban J connectivity index is 2.01. The van der Waals surface area contributed by atoms with E-state index in [-0.39, 0.29) is 12.6 Å². The Morgan fingerprint density at radius 3 is 2.65 bits per heavy atom. The maximum absolute atomic E-state index is 8.94. The van der Waals surface area contributed by atoms with Crippen LogP contribution in [0, 0.1) is 0 Å². The minimum absolute atomic E-state index is 0.150. The van der Waals surface area contributed by atoms with Crippen molar-refractivity contribution in [3.63, 3.8) is 0 Å². The molecule has 0 spiro atoms. The summed E-state index contributed by atoms with van der Waals surface area (Å²) in [4.78, 5) is 2.59. The minimum Gasteiger partial charge on any atom is -0.395 e. The Hall–Kier alpha value is -1.16. The van der Waals surface area contributed by atoms with Crippen molar-refractivity contribution in [1.82, 2.24) is 5.32 Å². The molecule has 90 valence electrons. The van der Waals surface area contributed by atoms with Gasteiger partial charge >= 0.3 is 0 Å². The van der Waals surface area contributed by atoms with E-state index in [1.54, 1.807) is 11.3 Å². The van der Waals surface area contributed by atoms with E-state index in [9.17, 15) is 0 Å². The van der Waals surface area contributed by atoms with Crippen molar-refractivity contribution in [3.05, 3.63) is 47.3 Å². The van der Waals surface area contributed by atoms with Crippen molar-refractivity contribution in [3.8, 4) is 10.4 Å². The van der Waals surface area contributed by atoms with Crippen LogP contribution in [0.15, 0.2) is 42.5 Å². The van der Waals surface area contributed by atoms with Gasteiger partial charge in [-0.1, -0.05) is 30.3 Å². The van der Waals surface area contributed by atoms with Crippen LogP contribution in [-0.2, 0) is 6.54 Å². The van der Waals surface area contributed by atoms with E-state index in [1.165, 1.54) is 15.3 Å². The van der Waals surface area contributed by atoms with Gasteiger partial charge in [-0.25, -0.2) is 0 Å². The maximum atomic E-state index is 8.94. The third-order valence-electron chi connectivity index (χ3n) is 2.62. The molecule has 0 aliphatic rings. The van der Waals surface area contributed by atoms with Crippen molar-refractivity contribution < 1.29 is 5.11 Å². The van der Waals surface area contributed by atoms with Gasteiger partial charge in [-0.15, -0.1) is 11.3 Å². The second-order valence-corrected chi connectivity index (χ2v) is 5.26. The van der Waals surface area contributed by atoms with Crippen molar-refractivity contribution >= 4 is 11.3 Å². The minimum atomic E-state index is 0.150. The molecule has 2 nitrogen and oxygen atoms in total. The molecule has 1 aromatic carbocycles. The number of hydrogen-bond acceptors (Lipinski definition) is 3. The lowest BCUT2D eigenvalue weighted by Crippen LogP contribution is -2.28. The number of rotatable bonds is 5. The molecular formula is C14H17NOS. The average molecular weight is 247 g/mol. The first-order valence-corrected chi connectivity index (χ1v) is 6.59. The Kier molecular flexibility index (Phi) is 4.31. The van der Waals surface area contributed by atoms with Gasteiger partial charge in [0, 0.05) is 22.3 Å². The van der Waals surface area contributed by atoms with Crippen LogP contribution in [0.5, 0.6) is 0 Å². The number of benzene rings is 1. The van der Waals surface area contributed by atoms with Crippen LogP contribution < -0.4 is 5.32 Å². The highest BCUT2D eigenvalue weighted by Gasteiger charge is 2.04. The zero-order chi connectivity index (χ0) is 12.1. The highest BCUT2D eigenvalue weighted by Crippen LogP contribution is 2.27. The molecule has 0 fully saturated rings. The monoisotopic (exact) mass is 247 g/mol. The topological polar surface area (TPSA) is 32.3 Å². The molecule has 0 amide bonds. The molecule has 17 heavy (non-hydrogen) atoms. The van der Waals surface area contributed by atoms with Gasteiger partial charge in [0.05, 0.1) is 6.61 Å². The largest absolute Gasteiger partial charge is 0.395 e. The summed E-state index contributed by atoms with van der Waals surface area (Å²) in [6, 6.07) is 14.8. The summed E-state index contributed by atoms with van der Waals surface area (Å²) in [6.07, 6.45) is 0. The molecule has 0 saturated heterocycles. The number of nitrogens with one attached hydrogen (secondary N) is 1. The van der Waals surface area contributed by atoms with Crippen LogP contribution in [0.2, 0.25) is 0 Å². The molecule has 2 aromatic rings. The van der Waals surface area contributed by atoms with Crippen molar-refractivity contribution in [2.24, 2.45) is 0 Å². The Labute approximate surface area is 106 Å². The molecule has 0 aliphatic heterocycles. The van der Waals surface area contributed by atoms with Crippen molar-refractivity contribution in [1.29, 1.82) is 0 Å². The molecular weight excluding hydrogens is 230 g/mol. The van der Waals surface area contributed by atoms with E-state index in [1.807, 2.05) is 13.0 Å². The van der Waals surface area contributed by atoms with Gasteiger partial charge in [0.15, 0.2) is 0 Å². The summed E-state index contributed by atoms with van der Waals surface area (Å²) < 4.78 is 0. The van der Waals surface area contributed by atoms with Crippen LogP contribution in [0.3, 0.4) is 0 Å². The number of thiophene rings is 1. The predicted octanol–water partition coefficient (Wildman–Crippen LogP) is 2.89. The zero-order valence-electron chi connectivity index (χ0n) is 9.89. The van der Waals surface area contributed by atoms with E-state index < -0.39 is 0 Å². The maximum Gasteiger partial charge on any atom is 0.0582 e. The summed E-state index contributed by atoms with van der Waals surface area (Å²) in [5.41, 5.74) is 1.26. The van der Waals surface area contributed by atoms with Gasteiger partial charge in [0.2, 0.25) is 0 Å². The standard InChI is InChI=1S/C14H17NOS/c1-11(10-16)15-9-13-7-8-14(17-13)12-5-3-2-4-6-12/h2-8,11,15-16H,9-10H2,1H3/t11-/m1/s1. The van der Waals surface area contributed by atoms with Gasteiger partial charge in [-0.05, 0) is 24.6 Å². The smallest absolute Gasteiger partial charge is 0.0582 e. The summed E-state index contributed by atoms with van der Waals surface area (Å²) in [5, 5.41) is 12.2. The number of aliphatic hydroxyl groups excluding tert-OH is 1. The number of hydrogen-bond donors (Lipinski definition) is 2. The molecule has 0 radical (unpaired) electrons. The SMILES string of the molecule is C[C@H](CO)NCc1ccc(-c2ccccc2)s1. The Bertz CT molecular complexity index is 452. The molecule has 1 atom stereocenters. The molecule has 1 heterocycles. The van der Waals surface area contributed by atoms with Crippen LogP contribution >= 0.6 is 11.3 Å². The molecule has 0 bridgehead atoms. The van der Waals surface area contributed by atoms with E-state index in [4.69, 9.17) is 5.11 Å². The zero-order valence-corrected chi connectivity index (χ0v) is 10.7. The summed E-state index contributed by atoms with van der Waals surface area (Å²) in [6.45, 7) is 2.97. The summed E-state index contributed by atoms with van der Waals surface area (Å²) >= 11 is 1.79. The third-order valence-corrected chi connectivity index (χ3v) is 3.75. The molecule has 0 saturated carbocycles. The van der Waals surface area contributed by atoms with Crippen molar-refractivity contribution in [2.45, 2.75) is 19.5 Å². The fourth-order valence-electron chi connectivity index (χ4n) is 1.57. The van der Waals surface area contributed by atoms with Crippen LogP contribution in [-0.4, -0.2) is 17.8 Å². The first kappa shape index (κ1) is 12.3. The second-order valence-electron chi connectivity index (χ2n) is 4.10. The van der Waals surface area contributed by atoms with Gasteiger partial charge < -0.3 is 10.4 Å². The lowest BCUT2D eigenvalue weighted by atomic mass is 10.2. The number of aliphatic hydroxyl groups is 1. The van der Waals surface area contributed by atoms with Crippen LogP contribution in [0.1, 0.15) is 11.8 Å². The van der Waals surface area contributed by atoms with E-state index in [2.05, 4.69) is 41.7 Å². The van der Waals surface area contributed by atoms with E-state index >= 15 is 0 Å². The molecule has 2 N–H and O–H groups in total. The molecule has 0 unspecified atom stereocenters. The molecule has 1 aromatic heterocycles. The predicted molar refractivity (Wildman–Crippen MR) is 73.1 cm³/mol. The molecule has 2 rings (SSSR count). The highest BCUT2D eigenvalue weighted by molar-refractivity contribution is 7.15. The van der Waals surface area contributed by atoms with Gasteiger partial charge in [0.25, 0.3) is 0 Å². The summed E-state index contributed by atoms with van der Waals surface area (Å²) in [7, 11) is 0. The molecule has 0 aliphatic carbocycles. The first-order chi connectivity index (χ1) is 8.29. The highest BCUT2D eigenvalue weighted by atomic mass is 32.1. The average Bonchev–Trinajstić information content (AvgIpc) is 2.86. The normalized spacial score (nSPS) is 12.6. The van der Waals surface area contributed by atoms with E-state index in [0.717, 1.165) is 6.54 Å². The lowest BCUT2D eigenvalue weighted by Gasteiger charge is -2.08. The Morgan fingerprint density at radius 2 is 1.94 bits per heavy atom. The first-order valence-electron chi connectivity index (χ1n) is 5.78. The lowest BCUT2D eigenvalue weighted by molar-refractivity contribution is 0.251. The molecule has 3 heteroatoms. The van der Waals surface area contributed by atoms with Crippen LogP contribution in [0.4, 0.5) is 0 Å². The summed E-state index contributed by atoms with van der Waals surface area (Å²) in [5.74, 6) is 0. The van der Waals surface area contributed by atoms with E-state index in [0.29, 0.717) is 0 Å². The fourth-order valence-corrected chi connectivity index (χ4v) is 2.53. The third kappa shape index (κ3) is 3.40. The van der Waals surface area contributed by atoms with Crippen molar-refractivity contribution in [2.75, 3.05) is 6.61 Å². The quantitative estimate of drug-likeness (QED) is 0.851. The Morgan fingerprint density at radius 1 is 1.18 bits per heavy atom. The second kappa shape index (κ2) is 5.96. The van der Waals surface area contributed by atoms with Gasteiger partial charge in [0.1, 0.15) is 0 Å².